The van der Waals surface area contributed by atoms with Gasteiger partial charge in [-0.1, -0.05) is 24.3 Å². The van der Waals surface area contributed by atoms with Gasteiger partial charge in [0, 0.05) is 45.5 Å². The first-order valence-corrected chi connectivity index (χ1v) is 11.0. The molecule has 1 amide bonds. The fourth-order valence-electron chi connectivity index (χ4n) is 3.87. The van der Waals surface area contributed by atoms with E-state index in [0.29, 0.717) is 6.54 Å². The van der Waals surface area contributed by atoms with Gasteiger partial charge in [0.15, 0.2) is 11.7 Å². The quantitative estimate of drug-likeness (QED) is 0.262. The van der Waals surface area contributed by atoms with Crippen LogP contribution in [0, 0.1) is 0 Å². The summed E-state index contributed by atoms with van der Waals surface area (Å²) in [5.74, 6) is 1.80. The molecule has 2 heterocycles. The van der Waals surface area contributed by atoms with E-state index in [1.165, 1.54) is 6.26 Å². The molecule has 4 rings (SSSR count). The summed E-state index contributed by atoms with van der Waals surface area (Å²) in [4.78, 5) is 21.2. The SMILES string of the molecule is CN=C(NCc1ccc(NC(=O)c2ccco2)cc1)N1CCN(c2ccccc2OC)CC1.I. The van der Waals surface area contributed by atoms with Crippen molar-refractivity contribution in [2.75, 3.05) is 50.6 Å². The summed E-state index contributed by atoms with van der Waals surface area (Å²) in [6, 6.07) is 19.2. The highest BCUT2D eigenvalue weighted by Crippen LogP contribution is 2.28. The first kappa shape index (κ1) is 25.4. The number of halogens is 1. The number of ether oxygens (including phenoxy) is 1. The molecule has 0 bridgehead atoms. The number of hydrogen-bond donors (Lipinski definition) is 2. The Labute approximate surface area is 217 Å². The minimum atomic E-state index is -0.265. The summed E-state index contributed by atoms with van der Waals surface area (Å²) < 4.78 is 10.6. The van der Waals surface area contributed by atoms with Crippen molar-refractivity contribution in [1.29, 1.82) is 0 Å². The maximum Gasteiger partial charge on any atom is 0.291 e. The van der Waals surface area contributed by atoms with Crippen LogP contribution < -0.4 is 20.3 Å². The summed E-state index contributed by atoms with van der Waals surface area (Å²) in [6.45, 7) is 4.17. The summed E-state index contributed by atoms with van der Waals surface area (Å²) >= 11 is 0. The first-order valence-electron chi connectivity index (χ1n) is 11.0. The first-order chi connectivity index (χ1) is 16.2. The molecule has 2 N–H and O–H groups in total. The Morgan fingerprint density at radius 1 is 1.03 bits per heavy atom. The van der Waals surface area contributed by atoms with E-state index in [4.69, 9.17) is 9.15 Å². The Kier molecular flexibility index (Phi) is 9.20. The maximum atomic E-state index is 12.1. The number of para-hydroxylation sites is 2. The van der Waals surface area contributed by atoms with Crippen LogP contribution in [0.2, 0.25) is 0 Å². The van der Waals surface area contributed by atoms with E-state index >= 15 is 0 Å². The van der Waals surface area contributed by atoms with E-state index in [-0.39, 0.29) is 35.6 Å². The highest BCUT2D eigenvalue weighted by atomic mass is 127. The van der Waals surface area contributed by atoms with Crippen LogP contribution in [0.3, 0.4) is 0 Å². The van der Waals surface area contributed by atoms with Gasteiger partial charge >= 0.3 is 0 Å². The van der Waals surface area contributed by atoms with Gasteiger partial charge in [-0.05, 0) is 42.0 Å². The van der Waals surface area contributed by atoms with Crippen LogP contribution in [0.1, 0.15) is 16.1 Å². The zero-order valence-electron chi connectivity index (χ0n) is 19.4. The lowest BCUT2D eigenvalue weighted by molar-refractivity contribution is 0.0996. The summed E-state index contributed by atoms with van der Waals surface area (Å²) in [7, 11) is 3.52. The zero-order chi connectivity index (χ0) is 23.0. The van der Waals surface area contributed by atoms with Crippen molar-refractivity contribution in [1.82, 2.24) is 10.2 Å². The molecule has 0 aliphatic carbocycles. The Bertz CT molecular complexity index is 1080. The zero-order valence-corrected chi connectivity index (χ0v) is 21.7. The topological polar surface area (TPSA) is 82.3 Å². The number of aliphatic imine (C=N–C) groups is 1. The van der Waals surface area contributed by atoms with Crippen molar-refractivity contribution in [2.24, 2.45) is 4.99 Å². The van der Waals surface area contributed by atoms with Crippen molar-refractivity contribution < 1.29 is 13.9 Å². The number of benzene rings is 2. The average Bonchev–Trinajstić information content (AvgIpc) is 3.41. The lowest BCUT2D eigenvalue weighted by atomic mass is 10.2. The van der Waals surface area contributed by atoms with Crippen LogP contribution in [0.4, 0.5) is 11.4 Å². The van der Waals surface area contributed by atoms with Crippen LogP contribution >= 0.6 is 24.0 Å². The third-order valence-corrected chi connectivity index (χ3v) is 5.62. The molecule has 3 aromatic rings. The van der Waals surface area contributed by atoms with Gasteiger partial charge in [-0.3, -0.25) is 9.79 Å². The van der Waals surface area contributed by atoms with E-state index < -0.39 is 0 Å². The predicted octanol–water partition coefficient (Wildman–Crippen LogP) is 4.06. The summed E-state index contributed by atoms with van der Waals surface area (Å²) in [5, 5.41) is 6.27. The summed E-state index contributed by atoms with van der Waals surface area (Å²) in [5.41, 5.74) is 2.94. The third-order valence-electron chi connectivity index (χ3n) is 5.62. The monoisotopic (exact) mass is 575 g/mol. The minimum absolute atomic E-state index is 0. The Morgan fingerprint density at radius 3 is 2.41 bits per heavy atom. The number of guanidine groups is 1. The lowest BCUT2D eigenvalue weighted by Gasteiger charge is -2.38. The van der Waals surface area contributed by atoms with Crippen LogP contribution in [-0.4, -0.2) is 57.1 Å². The molecule has 2 aromatic carbocycles. The summed E-state index contributed by atoms with van der Waals surface area (Å²) in [6.07, 6.45) is 1.48. The van der Waals surface area contributed by atoms with Crippen molar-refractivity contribution >= 4 is 47.2 Å². The van der Waals surface area contributed by atoms with Gasteiger partial charge in [0.25, 0.3) is 5.91 Å². The number of hydrogen-bond acceptors (Lipinski definition) is 5. The minimum Gasteiger partial charge on any atom is -0.495 e. The Hall–Kier alpha value is -3.21. The standard InChI is InChI=1S/C25H29N5O3.HI/c1-26-25(30-15-13-29(14-16-30)21-6-3-4-7-22(21)32-2)27-18-19-9-11-20(12-10-19)28-24(31)23-8-5-17-33-23;/h3-12,17H,13-16,18H2,1-2H3,(H,26,27)(H,28,31);1H. The molecule has 1 aromatic heterocycles. The van der Waals surface area contributed by atoms with Crippen molar-refractivity contribution in [3.8, 4) is 5.75 Å². The normalized spacial score (nSPS) is 13.8. The molecule has 0 radical (unpaired) electrons. The number of piperazine rings is 1. The molecule has 1 aliphatic rings. The molecule has 0 unspecified atom stereocenters. The van der Waals surface area contributed by atoms with Crippen LogP contribution in [0.25, 0.3) is 0 Å². The fourth-order valence-corrected chi connectivity index (χ4v) is 3.87. The number of methoxy groups -OCH3 is 1. The van der Waals surface area contributed by atoms with E-state index in [9.17, 15) is 4.79 Å². The van der Waals surface area contributed by atoms with E-state index in [1.807, 2.05) is 49.5 Å². The van der Waals surface area contributed by atoms with Crippen molar-refractivity contribution in [2.45, 2.75) is 6.54 Å². The van der Waals surface area contributed by atoms with E-state index in [2.05, 4.69) is 31.5 Å². The Morgan fingerprint density at radius 2 is 1.76 bits per heavy atom. The van der Waals surface area contributed by atoms with Gasteiger partial charge in [0.05, 0.1) is 19.1 Å². The van der Waals surface area contributed by atoms with Gasteiger partial charge in [0.2, 0.25) is 0 Å². The highest BCUT2D eigenvalue weighted by Gasteiger charge is 2.21. The van der Waals surface area contributed by atoms with Gasteiger partial charge in [-0.15, -0.1) is 24.0 Å². The predicted molar refractivity (Wildman–Crippen MR) is 145 cm³/mol. The average molecular weight is 575 g/mol. The van der Waals surface area contributed by atoms with E-state index in [0.717, 1.165) is 54.8 Å². The molecule has 9 heteroatoms. The van der Waals surface area contributed by atoms with E-state index in [1.54, 1.807) is 19.2 Å². The van der Waals surface area contributed by atoms with Crippen molar-refractivity contribution in [3.63, 3.8) is 0 Å². The number of nitrogens with one attached hydrogen (secondary N) is 2. The number of carbonyl (C=O) groups excluding carboxylic acids is 1. The second kappa shape index (κ2) is 12.3. The number of amides is 1. The second-order valence-electron chi connectivity index (χ2n) is 7.68. The molecule has 1 aliphatic heterocycles. The molecular formula is C25H30IN5O3. The molecule has 1 fully saturated rings. The highest BCUT2D eigenvalue weighted by molar-refractivity contribution is 14.0. The molecular weight excluding hydrogens is 545 g/mol. The van der Waals surface area contributed by atoms with Crippen LogP contribution in [0.15, 0.2) is 76.3 Å². The van der Waals surface area contributed by atoms with Crippen LogP contribution in [-0.2, 0) is 6.54 Å². The fraction of sp³-hybridized carbons (Fsp3) is 0.280. The molecule has 0 atom stereocenters. The largest absolute Gasteiger partial charge is 0.495 e. The number of rotatable bonds is 6. The molecule has 8 nitrogen and oxygen atoms in total. The molecule has 0 spiro atoms. The molecule has 1 saturated heterocycles. The van der Waals surface area contributed by atoms with Gasteiger partial charge in [-0.25, -0.2) is 0 Å². The number of anilines is 2. The number of nitrogens with zero attached hydrogens (tertiary/aromatic N) is 3. The van der Waals surface area contributed by atoms with Gasteiger partial charge in [-0.2, -0.15) is 0 Å². The number of furan rings is 1. The lowest BCUT2D eigenvalue weighted by Crippen LogP contribution is -2.52. The van der Waals surface area contributed by atoms with Crippen molar-refractivity contribution in [3.05, 3.63) is 78.3 Å². The Balaban J connectivity index is 0.00000324. The van der Waals surface area contributed by atoms with Crippen LogP contribution in [0.5, 0.6) is 5.75 Å². The van der Waals surface area contributed by atoms with Gasteiger partial charge in [0.1, 0.15) is 5.75 Å². The smallest absolute Gasteiger partial charge is 0.291 e. The third kappa shape index (κ3) is 6.22. The molecule has 180 valence electrons. The molecule has 34 heavy (non-hydrogen) atoms. The maximum absolute atomic E-state index is 12.1. The second-order valence-corrected chi connectivity index (χ2v) is 7.68. The number of carbonyl (C=O) groups is 1. The van der Waals surface area contributed by atoms with Gasteiger partial charge < -0.3 is 29.6 Å². The molecule has 0 saturated carbocycles.